The van der Waals surface area contributed by atoms with Crippen LogP contribution in [-0.4, -0.2) is 36.4 Å². The summed E-state index contributed by atoms with van der Waals surface area (Å²) in [5, 5.41) is 16.6. The van der Waals surface area contributed by atoms with Crippen LogP contribution in [0.15, 0.2) is 42.5 Å². The number of nitro benzene ring substituents is 1. The number of hydrogen-bond donors (Lipinski definition) is 2. The molecule has 0 aliphatic carbocycles. The summed E-state index contributed by atoms with van der Waals surface area (Å²) in [4.78, 5) is 38.0. The van der Waals surface area contributed by atoms with Crippen molar-refractivity contribution in [3.05, 3.63) is 63.7 Å². The molecule has 1 aliphatic heterocycles. The molecule has 8 nitrogen and oxygen atoms in total. The zero-order chi connectivity index (χ0) is 21.5. The van der Waals surface area contributed by atoms with Gasteiger partial charge in [0.15, 0.2) is 0 Å². The zero-order valence-electron chi connectivity index (χ0n) is 17.0. The number of non-ortho nitro benzene ring substituents is 1. The monoisotopic (exact) mass is 410 g/mol. The Morgan fingerprint density at radius 3 is 2.53 bits per heavy atom. The van der Waals surface area contributed by atoms with Gasteiger partial charge in [-0.05, 0) is 49.9 Å². The Bertz CT molecular complexity index is 938. The minimum absolute atomic E-state index is 0.150. The van der Waals surface area contributed by atoms with E-state index in [0.29, 0.717) is 17.8 Å². The van der Waals surface area contributed by atoms with Gasteiger partial charge in [-0.25, -0.2) is 0 Å². The lowest BCUT2D eigenvalue weighted by Crippen LogP contribution is -2.33. The van der Waals surface area contributed by atoms with Gasteiger partial charge in [0, 0.05) is 48.7 Å². The van der Waals surface area contributed by atoms with E-state index < -0.39 is 10.8 Å². The number of piperidine rings is 1. The van der Waals surface area contributed by atoms with E-state index in [1.165, 1.54) is 30.7 Å². The second kappa shape index (κ2) is 9.87. The molecule has 2 aromatic rings. The largest absolute Gasteiger partial charge is 0.371 e. The molecule has 0 spiro atoms. The number of carbonyl (C=O) groups is 2. The van der Waals surface area contributed by atoms with E-state index in [4.69, 9.17) is 0 Å². The first-order valence-electron chi connectivity index (χ1n) is 10.2. The smallest absolute Gasteiger partial charge is 0.270 e. The van der Waals surface area contributed by atoms with Gasteiger partial charge in [0.05, 0.1) is 10.5 Å². The Hall–Kier alpha value is -3.42. The van der Waals surface area contributed by atoms with Gasteiger partial charge in [0.1, 0.15) is 0 Å². The third-order valence-corrected chi connectivity index (χ3v) is 5.05. The van der Waals surface area contributed by atoms with Crippen LogP contribution in [0.1, 0.15) is 53.3 Å². The maximum atomic E-state index is 12.8. The van der Waals surface area contributed by atoms with Crippen molar-refractivity contribution in [2.24, 2.45) is 0 Å². The van der Waals surface area contributed by atoms with Crippen LogP contribution in [0.2, 0.25) is 0 Å². The summed E-state index contributed by atoms with van der Waals surface area (Å²) in [6.45, 7) is 4.35. The number of carbonyl (C=O) groups excluding carboxylic acids is 2. The normalized spacial score (nSPS) is 13.6. The minimum Gasteiger partial charge on any atom is -0.371 e. The third kappa shape index (κ3) is 5.14. The minimum atomic E-state index is -0.541. The Morgan fingerprint density at radius 2 is 1.83 bits per heavy atom. The van der Waals surface area contributed by atoms with Crippen LogP contribution in [0.4, 0.5) is 17.1 Å². The first kappa shape index (κ1) is 21.3. The maximum Gasteiger partial charge on any atom is 0.270 e. The van der Waals surface area contributed by atoms with Crippen LogP contribution in [0, 0.1) is 10.1 Å². The van der Waals surface area contributed by atoms with E-state index in [9.17, 15) is 19.7 Å². The van der Waals surface area contributed by atoms with Crippen molar-refractivity contribution in [3.8, 4) is 0 Å². The molecule has 2 N–H and O–H groups in total. The molecule has 0 atom stereocenters. The molecule has 0 saturated carbocycles. The van der Waals surface area contributed by atoms with Crippen LogP contribution in [0.25, 0.3) is 0 Å². The molecule has 3 rings (SSSR count). The lowest BCUT2D eigenvalue weighted by atomic mass is 10.1. The van der Waals surface area contributed by atoms with Gasteiger partial charge in [-0.3, -0.25) is 19.7 Å². The molecule has 0 bridgehead atoms. The summed E-state index contributed by atoms with van der Waals surface area (Å²) < 4.78 is 0. The van der Waals surface area contributed by atoms with E-state index in [1.54, 1.807) is 12.1 Å². The van der Waals surface area contributed by atoms with Gasteiger partial charge in [0.25, 0.3) is 17.5 Å². The first-order chi connectivity index (χ1) is 14.5. The average Bonchev–Trinajstić information content (AvgIpc) is 2.78. The Labute approximate surface area is 175 Å². The number of amides is 2. The fourth-order valence-electron chi connectivity index (χ4n) is 3.50. The van der Waals surface area contributed by atoms with E-state index >= 15 is 0 Å². The molecule has 8 heteroatoms. The number of hydrogen-bond acceptors (Lipinski definition) is 5. The molecule has 2 aromatic carbocycles. The molecule has 1 aliphatic rings. The van der Waals surface area contributed by atoms with Crippen molar-refractivity contribution in [2.45, 2.75) is 32.6 Å². The van der Waals surface area contributed by atoms with Crippen LogP contribution in [0.5, 0.6) is 0 Å². The molecule has 1 heterocycles. The van der Waals surface area contributed by atoms with Crippen LogP contribution in [0.3, 0.4) is 0 Å². The molecule has 2 amide bonds. The standard InChI is InChI=1S/C22H26N4O4/c1-2-11-23-22(28)19-15-17(9-10-20(19)25-12-4-3-5-13-25)24-21(27)16-7-6-8-18(14-16)26(29)30/h6-10,14-15H,2-5,11-13H2,1H3,(H,23,28)(H,24,27). The lowest BCUT2D eigenvalue weighted by Gasteiger charge is -2.30. The van der Waals surface area contributed by atoms with Crippen molar-refractivity contribution >= 4 is 28.9 Å². The van der Waals surface area contributed by atoms with Crippen molar-refractivity contribution in [1.29, 1.82) is 0 Å². The van der Waals surface area contributed by atoms with Gasteiger partial charge in [0.2, 0.25) is 0 Å². The van der Waals surface area contributed by atoms with Gasteiger partial charge in [-0.2, -0.15) is 0 Å². The summed E-state index contributed by atoms with van der Waals surface area (Å²) in [5.74, 6) is -0.645. The van der Waals surface area contributed by atoms with Gasteiger partial charge < -0.3 is 15.5 Å². The molecule has 1 saturated heterocycles. The van der Waals surface area contributed by atoms with E-state index in [1.807, 2.05) is 13.0 Å². The highest BCUT2D eigenvalue weighted by molar-refractivity contribution is 6.06. The highest BCUT2D eigenvalue weighted by atomic mass is 16.6. The summed E-state index contributed by atoms with van der Waals surface area (Å²) in [7, 11) is 0. The summed E-state index contributed by atoms with van der Waals surface area (Å²) in [5.41, 5.74) is 1.87. The predicted octanol–water partition coefficient (Wildman–Crippen LogP) is 3.98. The fraction of sp³-hybridized carbons (Fsp3) is 0.364. The van der Waals surface area contributed by atoms with Crippen LogP contribution in [-0.2, 0) is 0 Å². The van der Waals surface area contributed by atoms with Crippen molar-refractivity contribution < 1.29 is 14.5 Å². The molecule has 0 unspecified atom stereocenters. The topological polar surface area (TPSA) is 105 Å². The molecule has 1 fully saturated rings. The number of nitrogens with one attached hydrogen (secondary N) is 2. The highest BCUT2D eigenvalue weighted by Gasteiger charge is 2.20. The van der Waals surface area contributed by atoms with Crippen molar-refractivity contribution in [2.75, 3.05) is 29.9 Å². The second-order valence-corrected chi connectivity index (χ2v) is 7.30. The third-order valence-electron chi connectivity index (χ3n) is 5.05. The second-order valence-electron chi connectivity index (χ2n) is 7.30. The van der Waals surface area contributed by atoms with E-state index in [0.717, 1.165) is 38.0 Å². The maximum absolute atomic E-state index is 12.8. The molecule has 158 valence electrons. The van der Waals surface area contributed by atoms with Crippen LogP contribution >= 0.6 is 0 Å². The van der Waals surface area contributed by atoms with E-state index in [2.05, 4.69) is 15.5 Å². The van der Waals surface area contributed by atoms with Gasteiger partial charge in [-0.1, -0.05) is 13.0 Å². The Balaban J connectivity index is 1.86. The summed E-state index contributed by atoms with van der Waals surface area (Å²) in [6.07, 6.45) is 4.18. The Kier molecular flexibility index (Phi) is 7.00. The number of anilines is 2. The highest BCUT2D eigenvalue weighted by Crippen LogP contribution is 2.27. The zero-order valence-corrected chi connectivity index (χ0v) is 17.0. The molecular weight excluding hydrogens is 384 g/mol. The molecule has 0 radical (unpaired) electrons. The van der Waals surface area contributed by atoms with Crippen LogP contribution < -0.4 is 15.5 Å². The summed E-state index contributed by atoms with van der Waals surface area (Å²) >= 11 is 0. The number of benzene rings is 2. The van der Waals surface area contributed by atoms with Crippen molar-refractivity contribution in [1.82, 2.24) is 5.32 Å². The Morgan fingerprint density at radius 1 is 1.07 bits per heavy atom. The number of rotatable bonds is 7. The lowest BCUT2D eigenvalue weighted by molar-refractivity contribution is -0.384. The number of nitrogens with zero attached hydrogens (tertiary/aromatic N) is 2. The first-order valence-corrected chi connectivity index (χ1v) is 10.2. The van der Waals surface area contributed by atoms with E-state index in [-0.39, 0.29) is 17.2 Å². The predicted molar refractivity (Wildman–Crippen MR) is 116 cm³/mol. The summed E-state index contributed by atoms with van der Waals surface area (Å²) in [6, 6.07) is 10.8. The molecule has 0 aromatic heterocycles. The van der Waals surface area contributed by atoms with Gasteiger partial charge >= 0.3 is 0 Å². The van der Waals surface area contributed by atoms with Crippen molar-refractivity contribution in [3.63, 3.8) is 0 Å². The molecule has 30 heavy (non-hydrogen) atoms. The van der Waals surface area contributed by atoms with Gasteiger partial charge in [-0.15, -0.1) is 0 Å². The molecular formula is C22H26N4O4. The fourth-order valence-corrected chi connectivity index (χ4v) is 3.50. The SMILES string of the molecule is CCCNC(=O)c1cc(NC(=O)c2cccc([N+](=O)[O-])c2)ccc1N1CCCCC1. The number of nitro groups is 1. The quantitative estimate of drug-likeness (QED) is 0.531. The average molecular weight is 410 g/mol.